The number of methoxy groups -OCH3 is 1. The van der Waals surface area contributed by atoms with Crippen molar-refractivity contribution in [3.05, 3.63) is 70.2 Å². The van der Waals surface area contributed by atoms with E-state index in [1.807, 2.05) is 0 Å². The summed E-state index contributed by atoms with van der Waals surface area (Å²) in [6.45, 7) is 0.233. The van der Waals surface area contributed by atoms with Gasteiger partial charge in [-0.1, -0.05) is 24.3 Å². The van der Waals surface area contributed by atoms with Crippen LogP contribution in [0.4, 0.5) is 9.59 Å². The number of ether oxygens (including phenoxy) is 4. The monoisotopic (exact) mass is 714 g/mol. The van der Waals surface area contributed by atoms with Gasteiger partial charge in [-0.3, -0.25) is 9.59 Å². The number of primary amides is 1. The zero-order chi connectivity index (χ0) is 32.1. The Kier molecular flexibility index (Phi) is 13.9. The van der Waals surface area contributed by atoms with Gasteiger partial charge in [-0.15, -0.1) is 23.2 Å². The highest BCUT2D eigenvalue weighted by atomic mass is 79.9. The van der Waals surface area contributed by atoms with Crippen molar-refractivity contribution in [2.24, 2.45) is 5.73 Å². The minimum atomic E-state index is -1.19. The SMILES string of the molecule is COc1ccc(CC(NC(=O)C2=CC(Oc3ccccc3Br)C(OC(=O)NCCCl)C(OC(=O)NCCCl)C2)C(N)=O)cc1. The van der Waals surface area contributed by atoms with E-state index in [0.29, 0.717) is 16.0 Å². The number of carbonyl (C=O) groups excluding carboxylic acids is 4. The fraction of sp³-hybridized carbons (Fsp3) is 0.379. The first-order valence-electron chi connectivity index (χ1n) is 13.5. The van der Waals surface area contributed by atoms with E-state index in [2.05, 4.69) is 31.9 Å². The van der Waals surface area contributed by atoms with E-state index in [0.717, 1.165) is 5.56 Å². The molecule has 238 valence electrons. The van der Waals surface area contributed by atoms with Gasteiger partial charge in [0.2, 0.25) is 11.8 Å². The van der Waals surface area contributed by atoms with Crippen LogP contribution in [0.1, 0.15) is 12.0 Å². The molecule has 5 N–H and O–H groups in total. The molecule has 0 aromatic heterocycles. The Hall–Kier alpha value is -3.68. The number of hydrogen-bond acceptors (Lipinski definition) is 8. The third kappa shape index (κ3) is 10.5. The maximum absolute atomic E-state index is 13.6. The summed E-state index contributed by atoms with van der Waals surface area (Å²) in [7, 11) is 1.53. The van der Waals surface area contributed by atoms with Gasteiger partial charge in [-0.2, -0.15) is 0 Å². The molecule has 3 rings (SSSR count). The molecule has 1 aliphatic carbocycles. The molecule has 4 amide bonds. The molecule has 2 aromatic rings. The van der Waals surface area contributed by atoms with Crippen LogP contribution in [0, 0.1) is 0 Å². The van der Waals surface area contributed by atoms with Crippen LogP contribution >= 0.6 is 39.1 Å². The third-order valence-corrected chi connectivity index (χ3v) is 7.38. The van der Waals surface area contributed by atoms with Crippen molar-refractivity contribution >= 4 is 63.1 Å². The number of amides is 4. The van der Waals surface area contributed by atoms with E-state index in [4.69, 9.17) is 47.9 Å². The van der Waals surface area contributed by atoms with Crippen LogP contribution in [0.15, 0.2) is 64.7 Å². The molecular weight excluding hydrogens is 683 g/mol. The van der Waals surface area contributed by atoms with Crippen molar-refractivity contribution in [2.75, 3.05) is 32.0 Å². The molecule has 0 saturated carbocycles. The first-order valence-corrected chi connectivity index (χ1v) is 15.4. The molecule has 15 heteroatoms. The Labute approximate surface area is 273 Å². The Bertz CT molecular complexity index is 1330. The number of nitrogens with two attached hydrogens (primary N) is 1. The summed E-state index contributed by atoms with van der Waals surface area (Å²) in [5.74, 6) is -0.139. The van der Waals surface area contributed by atoms with E-state index in [-0.39, 0.29) is 43.3 Å². The zero-order valence-corrected chi connectivity index (χ0v) is 26.8. The highest BCUT2D eigenvalue weighted by Gasteiger charge is 2.42. The molecule has 4 unspecified atom stereocenters. The van der Waals surface area contributed by atoms with Crippen LogP contribution in [0.2, 0.25) is 0 Å². The molecular formula is C29H33BrCl2N4O8. The van der Waals surface area contributed by atoms with Gasteiger partial charge >= 0.3 is 12.2 Å². The van der Waals surface area contributed by atoms with Gasteiger partial charge in [-0.25, -0.2) is 9.59 Å². The van der Waals surface area contributed by atoms with Gasteiger partial charge in [0.25, 0.3) is 0 Å². The van der Waals surface area contributed by atoms with E-state index in [1.54, 1.807) is 48.5 Å². The van der Waals surface area contributed by atoms with Crippen LogP contribution in [0.25, 0.3) is 0 Å². The summed E-state index contributed by atoms with van der Waals surface area (Å²) in [6, 6.07) is 12.8. The summed E-state index contributed by atoms with van der Waals surface area (Å²) in [5, 5.41) is 7.64. The largest absolute Gasteiger partial charge is 0.497 e. The molecule has 1 aliphatic rings. The Morgan fingerprint density at radius 1 is 0.977 bits per heavy atom. The molecule has 0 spiro atoms. The second-order valence-electron chi connectivity index (χ2n) is 9.43. The summed E-state index contributed by atoms with van der Waals surface area (Å²) < 4.78 is 23.2. The molecule has 12 nitrogen and oxygen atoms in total. The number of nitrogens with one attached hydrogen (secondary N) is 3. The minimum absolute atomic E-state index is 0.110. The van der Waals surface area contributed by atoms with Crippen LogP contribution in [-0.2, 0) is 25.5 Å². The molecule has 0 fully saturated rings. The molecule has 0 saturated heterocycles. The lowest BCUT2D eigenvalue weighted by atomic mass is 9.90. The summed E-state index contributed by atoms with van der Waals surface area (Å²) in [4.78, 5) is 51.1. The molecule has 0 heterocycles. The number of halogens is 3. The fourth-order valence-corrected chi connectivity index (χ4v) is 4.79. The van der Waals surface area contributed by atoms with Crippen LogP contribution in [0.3, 0.4) is 0 Å². The number of rotatable bonds is 14. The van der Waals surface area contributed by atoms with E-state index in [1.165, 1.54) is 13.2 Å². The van der Waals surface area contributed by atoms with Gasteiger partial charge in [-0.05, 0) is 51.8 Å². The van der Waals surface area contributed by atoms with Gasteiger partial charge in [0.05, 0.1) is 11.6 Å². The van der Waals surface area contributed by atoms with Gasteiger partial charge < -0.3 is 40.6 Å². The molecule has 0 bridgehead atoms. The predicted octanol–water partition coefficient (Wildman–Crippen LogP) is 3.42. The van der Waals surface area contributed by atoms with E-state index >= 15 is 0 Å². The topological polar surface area (TPSA) is 167 Å². The quantitative estimate of drug-likeness (QED) is 0.216. The number of carbonyl (C=O) groups is 4. The van der Waals surface area contributed by atoms with Crippen LogP contribution in [0.5, 0.6) is 11.5 Å². The molecule has 0 aliphatic heterocycles. The molecule has 0 radical (unpaired) electrons. The lowest BCUT2D eigenvalue weighted by Crippen LogP contribution is -2.52. The van der Waals surface area contributed by atoms with Crippen molar-refractivity contribution in [1.29, 1.82) is 0 Å². The number of alkyl carbamates (subject to hydrolysis) is 2. The Balaban J connectivity index is 1.93. The van der Waals surface area contributed by atoms with Crippen molar-refractivity contribution in [3.8, 4) is 11.5 Å². The first-order chi connectivity index (χ1) is 21.1. The van der Waals surface area contributed by atoms with Gasteiger partial charge in [0.1, 0.15) is 23.6 Å². The van der Waals surface area contributed by atoms with Crippen molar-refractivity contribution in [2.45, 2.75) is 37.2 Å². The zero-order valence-electron chi connectivity index (χ0n) is 23.7. The smallest absolute Gasteiger partial charge is 0.407 e. The van der Waals surface area contributed by atoms with Crippen molar-refractivity contribution in [3.63, 3.8) is 0 Å². The highest BCUT2D eigenvalue weighted by molar-refractivity contribution is 9.10. The maximum Gasteiger partial charge on any atom is 0.407 e. The number of para-hydroxylation sites is 1. The molecule has 4 atom stereocenters. The highest BCUT2D eigenvalue weighted by Crippen LogP contribution is 2.32. The standard InChI is InChI=1S/C29H33BrCl2N4O8/c1-41-19-8-6-17(7-9-19)14-21(26(33)37)36-27(38)18-15-23(42-22-5-3-2-4-20(22)30)25(44-29(40)35-13-11-32)24(16-18)43-28(39)34-12-10-31/h2-9,15,21,23-25H,10-14,16H2,1H3,(H2,33,37)(H,34,39)(H,35,40)(H,36,38). The maximum atomic E-state index is 13.6. The van der Waals surface area contributed by atoms with Crippen molar-refractivity contribution < 1.29 is 38.1 Å². The summed E-state index contributed by atoms with van der Waals surface area (Å²) in [6.07, 6.45) is -3.77. The molecule has 2 aromatic carbocycles. The number of hydrogen-bond donors (Lipinski definition) is 4. The van der Waals surface area contributed by atoms with Gasteiger partial charge in [0.15, 0.2) is 12.2 Å². The second kappa shape index (κ2) is 17.6. The van der Waals surface area contributed by atoms with Crippen LogP contribution < -0.4 is 31.2 Å². The lowest BCUT2D eigenvalue weighted by Gasteiger charge is -2.36. The van der Waals surface area contributed by atoms with Crippen LogP contribution in [-0.4, -0.2) is 80.3 Å². The predicted molar refractivity (Wildman–Crippen MR) is 167 cm³/mol. The molecule has 44 heavy (non-hydrogen) atoms. The van der Waals surface area contributed by atoms with Crippen molar-refractivity contribution in [1.82, 2.24) is 16.0 Å². The normalized spacial score (nSPS) is 18.2. The summed E-state index contributed by atoms with van der Waals surface area (Å²) in [5.41, 5.74) is 6.47. The Morgan fingerprint density at radius 2 is 1.61 bits per heavy atom. The number of benzene rings is 2. The fourth-order valence-electron chi connectivity index (χ4n) is 4.23. The van der Waals surface area contributed by atoms with E-state index in [9.17, 15) is 19.2 Å². The number of alkyl halides is 2. The van der Waals surface area contributed by atoms with Gasteiger partial charge in [0, 0.05) is 43.3 Å². The second-order valence-corrected chi connectivity index (χ2v) is 11.0. The minimum Gasteiger partial charge on any atom is -0.497 e. The third-order valence-electron chi connectivity index (χ3n) is 6.34. The first kappa shape index (κ1) is 34.8. The average Bonchev–Trinajstić information content (AvgIpc) is 3.01. The summed E-state index contributed by atoms with van der Waals surface area (Å²) >= 11 is 14.8. The Morgan fingerprint density at radius 3 is 2.20 bits per heavy atom. The van der Waals surface area contributed by atoms with E-state index < -0.39 is 48.4 Å². The average molecular weight is 716 g/mol. The lowest BCUT2D eigenvalue weighted by molar-refractivity contribution is -0.126.